The second-order valence-corrected chi connectivity index (χ2v) is 6.02. The van der Waals surface area contributed by atoms with Crippen LogP contribution in [0.5, 0.6) is 0 Å². The fourth-order valence-corrected chi connectivity index (χ4v) is 2.56. The van der Waals surface area contributed by atoms with Gasteiger partial charge in [-0.2, -0.15) is 4.68 Å². The Bertz CT molecular complexity index is 706. The van der Waals surface area contributed by atoms with Gasteiger partial charge in [0.2, 0.25) is 0 Å². The van der Waals surface area contributed by atoms with Crippen molar-refractivity contribution in [3.05, 3.63) is 35.1 Å². The van der Waals surface area contributed by atoms with Crippen molar-refractivity contribution >= 4 is 23.5 Å². The number of nitrogens with one attached hydrogen (secondary N) is 1. The zero-order chi connectivity index (χ0) is 18.1. The van der Waals surface area contributed by atoms with E-state index in [4.69, 9.17) is 16.7 Å². The molecule has 0 bridgehead atoms. The van der Waals surface area contributed by atoms with Crippen molar-refractivity contribution in [2.75, 3.05) is 6.54 Å². The Labute approximate surface area is 150 Å². The van der Waals surface area contributed by atoms with E-state index in [2.05, 4.69) is 20.8 Å². The molecular formula is C16H20ClN5O3. The fraction of sp³-hybridized carbons (Fsp3) is 0.438. The standard InChI is InChI=1S/C16H20ClN5O3/c17-12-7-8-14(22-11-19-20-21-22)13(10-12)16(25)18-9-5-3-1-2-4-6-15(23)24/h7-8,10-11H,1-6,9H2,(H,18,25)(H,23,24). The molecule has 0 aliphatic heterocycles. The average molecular weight is 366 g/mol. The van der Waals surface area contributed by atoms with Gasteiger partial charge in [-0.05, 0) is 41.5 Å². The number of carbonyl (C=O) groups excluding carboxylic acids is 1. The smallest absolute Gasteiger partial charge is 0.303 e. The van der Waals surface area contributed by atoms with E-state index in [9.17, 15) is 9.59 Å². The van der Waals surface area contributed by atoms with Crippen LogP contribution in [0.15, 0.2) is 24.5 Å². The molecule has 2 rings (SSSR count). The van der Waals surface area contributed by atoms with Gasteiger partial charge in [0.1, 0.15) is 6.33 Å². The predicted molar refractivity (Wildman–Crippen MR) is 91.8 cm³/mol. The van der Waals surface area contributed by atoms with Crippen molar-refractivity contribution in [1.29, 1.82) is 0 Å². The Balaban J connectivity index is 1.79. The normalized spacial score (nSPS) is 10.6. The second-order valence-electron chi connectivity index (χ2n) is 5.58. The molecule has 0 fully saturated rings. The predicted octanol–water partition coefficient (Wildman–Crippen LogP) is 2.47. The van der Waals surface area contributed by atoms with Crippen LogP contribution in [0.1, 0.15) is 48.9 Å². The minimum atomic E-state index is -0.757. The molecule has 9 heteroatoms. The monoisotopic (exact) mass is 365 g/mol. The number of carbonyl (C=O) groups is 2. The van der Waals surface area contributed by atoms with Gasteiger partial charge in [0.05, 0.1) is 11.3 Å². The highest BCUT2D eigenvalue weighted by atomic mass is 35.5. The SMILES string of the molecule is O=C(O)CCCCCCCNC(=O)c1cc(Cl)ccc1-n1cnnn1. The molecule has 1 amide bonds. The van der Waals surface area contributed by atoms with Crippen molar-refractivity contribution < 1.29 is 14.7 Å². The molecule has 0 radical (unpaired) electrons. The van der Waals surface area contributed by atoms with Gasteiger partial charge in [-0.1, -0.05) is 30.9 Å². The molecule has 0 saturated carbocycles. The first-order chi connectivity index (χ1) is 12.1. The van der Waals surface area contributed by atoms with Gasteiger partial charge in [-0.3, -0.25) is 9.59 Å². The summed E-state index contributed by atoms with van der Waals surface area (Å²) < 4.78 is 1.41. The summed E-state index contributed by atoms with van der Waals surface area (Å²) in [5.74, 6) is -0.994. The van der Waals surface area contributed by atoms with Crippen molar-refractivity contribution in [1.82, 2.24) is 25.5 Å². The summed E-state index contributed by atoms with van der Waals surface area (Å²) in [5.41, 5.74) is 0.960. The number of unbranched alkanes of at least 4 members (excludes halogenated alkanes) is 4. The highest BCUT2D eigenvalue weighted by Gasteiger charge is 2.14. The summed E-state index contributed by atoms with van der Waals surface area (Å²) in [4.78, 5) is 22.8. The maximum absolute atomic E-state index is 12.4. The molecule has 2 aromatic rings. The molecule has 0 saturated heterocycles. The molecular weight excluding hydrogens is 346 g/mol. The van der Waals surface area contributed by atoms with Crippen LogP contribution >= 0.6 is 11.6 Å². The van der Waals surface area contributed by atoms with E-state index in [-0.39, 0.29) is 12.3 Å². The van der Waals surface area contributed by atoms with Crippen LogP contribution in [0.25, 0.3) is 5.69 Å². The third kappa shape index (κ3) is 6.15. The summed E-state index contributed by atoms with van der Waals surface area (Å²) >= 11 is 5.99. The molecule has 2 N–H and O–H groups in total. The Morgan fingerprint density at radius 1 is 1.16 bits per heavy atom. The first-order valence-electron chi connectivity index (χ1n) is 8.11. The third-order valence-electron chi connectivity index (χ3n) is 3.65. The van der Waals surface area contributed by atoms with Crippen LogP contribution in [0, 0.1) is 0 Å². The number of benzene rings is 1. The van der Waals surface area contributed by atoms with Crippen LogP contribution in [0.3, 0.4) is 0 Å². The van der Waals surface area contributed by atoms with Gasteiger partial charge in [-0.15, -0.1) is 5.10 Å². The maximum Gasteiger partial charge on any atom is 0.303 e. The number of aromatic nitrogens is 4. The average Bonchev–Trinajstić information content (AvgIpc) is 3.11. The molecule has 1 aromatic heterocycles. The topological polar surface area (TPSA) is 110 Å². The number of hydrogen-bond acceptors (Lipinski definition) is 5. The molecule has 0 atom stereocenters. The zero-order valence-corrected chi connectivity index (χ0v) is 14.4. The highest BCUT2D eigenvalue weighted by molar-refractivity contribution is 6.31. The number of carboxylic acid groups (broad SMARTS) is 1. The Morgan fingerprint density at radius 3 is 2.64 bits per heavy atom. The van der Waals surface area contributed by atoms with E-state index in [1.165, 1.54) is 11.0 Å². The molecule has 134 valence electrons. The lowest BCUT2D eigenvalue weighted by atomic mass is 10.1. The minimum absolute atomic E-state index is 0.214. The molecule has 0 aliphatic carbocycles. The third-order valence-corrected chi connectivity index (χ3v) is 3.89. The molecule has 25 heavy (non-hydrogen) atoms. The zero-order valence-electron chi connectivity index (χ0n) is 13.7. The molecule has 0 unspecified atom stereocenters. The first kappa shape index (κ1) is 18.9. The molecule has 1 aromatic carbocycles. The van der Waals surface area contributed by atoms with Crippen molar-refractivity contribution in [2.45, 2.75) is 38.5 Å². The van der Waals surface area contributed by atoms with Gasteiger partial charge < -0.3 is 10.4 Å². The van der Waals surface area contributed by atoms with Crippen LogP contribution < -0.4 is 5.32 Å². The summed E-state index contributed by atoms with van der Waals surface area (Å²) in [5, 5.41) is 22.8. The van der Waals surface area contributed by atoms with Gasteiger partial charge in [0.25, 0.3) is 5.91 Å². The first-order valence-corrected chi connectivity index (χ1v) is 8.48. The number of carboxylic acids is 1. The number of aliphatic carboxylic acids is 1. The summed E-state index contributed by atoms with van der Waals surface area (Å²) in [6.07, 6.45) is 5.94. The number of rotatable bonds is 10. The Hall–Kier alpha value is -2.48. The van der Waals surface area contributed by atoms with E-state index >= 15 is 0 Å². The van der Waals surface area contributed by atoms with E-state index < -0.39 is 5.97 Å². The van der Waals surface area contributed by atoms with Gasteiger partial charge >= 0.3 is 5.97 Å². The lowest BCUT2D eigenvalue weighted by molar-refractivity contribution is -0.137. The number of tetrazole rings is 1. The van der Waals surface area contributed by atoms with Crippen molar-refractivity contribution in [3.8, 4) is 5.69 Å². The quantitative estimate of drug-likeness (QED) is 0.626. The minimum Gasteiger partial charge on any atom is -0.481 e. The number of amides is 1. The summed E-state index contributed by atoms with van der Waals surface area (Å²) in [6, 6.07) is 4.95. The van der Waals surface area contributed by atoms with Gasteiger partial charge in [-0.25, -0.2) is 0 Å². The lowest BCUT2D eigenvalue weighted by Gasteiger charge is -2.10. The van der Waals surface area contributed by atoms with Crippen LogP contribution in [0.4, 0.5) is 0 Å². The van der Waals surface area contributed by atoms with E-state index in [1.807, 2.05) is 0 Å². The molecule has 1 heterocycles. The van der Waals surface area contributed by atoms with Crippen LogP contribution in [0.2, 0.25) is 5.02 Å². The van der Waals surface area contributed by atoms with E-state index in [0.717, 1.165) is 25.7 Å². The largest absolute Gasteiger partial charge is 0.481 e. The molecule has 0 aliphatic rings. The number of halogens is 1. The molecule has 0 spiro atoms. The highest BCUT2D eigenvalue weighted by Crippen LogP contribution is 2.19. The molecule has 8 nitrogen and oxygen atoms in total. The number of nitrogens with zero attached hydrogens (tertiary/aromatic N) is 4. The summed E-state index contributed by atoms with van der Waals surface area (Å²) in [7, 11) is 0. The van der Waals surface area contributed by atoms with Gasteiger partial charge in [0.15, 0.2) is 0 Å². The Morgan fingerprint density at radius 2 is 1.92 bits per heavy atom. The maximum atomic E-state index is 12.4. The van der Waals surface area contributed by atoms with Crippen LogP contribution in [-0.4, -0.2) is 43.7 Å². The van der Waals surface area contributed by atoms with Crippen molar-refractivity contribution in [2.24, 2.45) is 0 Å². The second kappa shape index (κ2) is 9.73. The van der Waals surface area contributed by atoms with E-state index in [0.29, 0.717) is 29.2 Å². The summed E-state index contributed by atoms with van der Waals surface area (Å²) in [6.45, 7) is 0.541. The van der Waals surface area contributed by atoms with Gasteiger partial charge in [0, 0.05) is 18.0 Å². The Kier molecular flexibility index (Phi) is 7.34. The van der Waals surface area contributed by atoms with Crippen LogP contribution in [-0.2, 0) is 4.79 Å². The van der Waals surface area contributed by atoms with E-state index in [1.54, 1.807) is 18.2 Å². The fourth-order valence-electron chi connectivity index (χ4n) is 2.39. The lowest BCUT2D eigenvalue weighted by Crippen LogP contribution is -2.25. The van der Waals surface area contributed by atoms with Crippen molar-refractivity contribution in [3.63, 3.8) is 0 Å². The number of hydrogen-bond donors (Lipinski definition) is 2.